The van der Waals surface area contributed by atoms with E-state index in [9.17, 15) is 0 Å². The third-order valence-corrected chi connectivity index (χ3v) is 2.79. The molecule has 0 aromatic carbocycles. The van der Waals surface area contributed by atoms with E-state index in [0.717, 1.165) is 10.9 Å². The van der Waals surface area contributed by atoms with Gasteiger partial charge >= 0.3 is 0 Å². The van der Waals surface area contributed by atoms with Crippen molar-refractivity contribution in [1.82, 2.24) is 14.8 Å². The van der Waals surface area contributed by atoms with Crippen molar-refractivity contribution < 1.29 is 9.47 Å². The van der Waals surface area contributed by atoms with E-state index in [1.54, 1.807) is 18.1 Å². The van der Waals surface area contributed by atoms with Crippen LogP contribution in [-0.2, 0) is 16.5 Å². The number of ether oxygens (including phenoxy) is 2. The molecule has 6 heteroatoms. The number of hydrogen-bond donors (Lipinski definition) is 0. The SMILES string of the molecule is CCOC(CSc1nncn1C)OCC. The van der Waals surface area contributed by atoms with E-state index in [0.29, 0.717) is 13.2 Å². The molecule has 0 unspecified atom stereocenters. The fourth-order valence-electron chi connectivity index (χ4n) is 1.06. The summed E-state index contributed by atoms with van der Waals surface area (Å²) >= 11 is 1.58. The highest BCUT2D eigenvalue weighted by atomic mass is 32.2. The van der Waals surface area contributed by atoms with Crippen LogP contribution in [0.1, 0.15) is 13.8 Å². The maximum atomic E-state index is 5.42. The molecule has 1 heterocycles. The lowest BCUT2D eigenvalue weighted by atomic mass is 10.7. The van der Waals surface area contributed by atoms with Gasteiger partial charge in [0.25, 0.3) is 0 Å². The van der Waals surface area contributed by atoms with Gasteiger partial charge in [0.15, 0.2) is 11.4 Å². The Labute approximate surface area is 94.2 Å². The molecule has 0 aliphatic heterocycles. The maximum absolute atomic E-state index is 5.42. The smallest absolute Gasteiger partial charge is 0.190 e. The van der Waals surface area contributed by atoms with Gasteiger partial charge in [0, 0.05) is 20.3 Å². The van der Waals surface area contributed by atoms with Gasteiger partial charge in [0.2, 0.25) is 0 Å². The normalized spacial score (nSPS) is 11.2. The van der Waals surface area contributed by atoms with Crippen molar-refractivity contribution in [3.05, 3.63) is 6.33 Å². The van der Waals surface area contributed by atoms with Gasteiger partial charge in [0.05, 0.1) is 5.75 Å². The van der Waals surface area contributed by atoms with Crippen molar-refractivity contribution in [2.45, 2.75) is 25.3 Å². The van der Waals surface area contributed by atoms with Gasteiger partial charge in [-0.15, -0.1) is 10.2 Å². The molecule has 0 fully saturated rings. The fraction of sp³-hybridized carbons (Fsp3) is 0.778. The summed E-state index contributed by atoms with van der Waals surface area (Å²) in [6.45, 7) is 5.23. The van der Waals surface area contributed by atoms with E-state index < -0.39 is 0 Å². The molecule has 1 aromatic rings. The van der Waals surface area contributed by atoms with Crippen molar-refractivity contribution in [1.29, 1.82) is 0 Å². The molecule has 0 aliphatic rings. The predicted molar refractivity (Wildman–Crippen MR) is 58.8 cm³/mol. The van der Waals surface area contributed by atoms with Crippen LogP contribution >= 0.6 is 11.8 Å². The maximum Gasteiger partial charge on any atom is 0.190 e. The molecule has 0 saturated carbocycles. The molecular formula is C9H17N3O2S. The standard InChI is InChI=1S/C9H17N3O2S/c1-4-13-8(14-5-2)6-15-9-11-10-7-12(9)3/h7-8H,4-6H2,1-3H3. The highest BCUT2D eigenvalue weighted by molar-refractivity contribution is 7.99. The molecular weight excluding hydrogens is 214 g/mol. The van der Waals surface area contributed by atoms with Crippen LogP contribution < -0.4 is 0 Å². The molecule has 0 N–H and O–H groups in total. The third-order valence-electron chi connectivity index (χ3n) is 1.72. The van der Waals surface area contributed by atoms with E-state index in [1.807, 2.05) is 25.5 Å². The zero-order chi connectivity index (χ0) is 11.1. The predicted octanol–water partition coefficient (Wildman–Crippen LogP) is 1.31. The van der Waals surface area contributed by atoms with Crippen LogP contribution in [0, 0.1) is 0 Å². The summed E-state index contributed by atoms with van der Waals surface area (Å²) in [6, 6.07) is 0. The molecule has 86 valence electrons. The zero-order valence-corrected chi connectivity index (χ0v) is 10.2. The minimum atomic E-state index is -0.165. The van der Waals surface area contributed by atoms with Crippen LogP contribution in [0.4, 0.5) is 0 Å². The van der Waals surface area contributed by atoms with E-state index in [2.05, 4.69) is 10.2 Å². The van der Waals surface area contributed by atoms with Gasteiger partial charge < -0.3 is 14.0 Å². The molecule has 1 rings (SSSR count). The lowest BCUT2D eigenvalue weighted by Crippen LogP contribution is -2.20. The van der Waals surface area contributed by atoms with E-state index in [4.69, 9.17) is 9.47 Å². The Morgan fingerprint density at radius 2 is 2.07 bits per heavy atom. The van der Waals surface area contributed by atoms with Crippen LogP contribution in [0.3, 0.4) is 0 Å². The number of aromatic nitrogens is 3. The van der Waals surface area contributed by atoms with Gasteiger partial charge in [-0.05, 0) is 13.8 Å². The summed E-state index contributed by atoms with van der Waals surface area (Å²) in [7, 11) is 1.92. The van der Waals surface area contributed by atoms with Crippen molar-refractivity contribution >= 4 is 11.8 Å². The van der Waals surface area contributed by atoms with Gasteiger partial charge in [-0.25, -0.2) is 0 Å². The summed E-state index contributed by atoms with van der Waals surface area (Å²) in [5, 5.41) is 8.65. The second kappa shape index (κ2) is 6.81. The minimum absolute atomic E-state index is 0.165. The Morgan fingerprint density at radius 1 is 1.40 bits per heavy atom. The average molecular weight is 231 g/mol. The number of thioether (sulfide) groups is 1. The first-order valence-electron chi connectivity index (χ1n) is 4.97. The number of aryl methyl sites for hydroxylation is 1. The van der Waals surface area contributed by atoms with Crippen molar-refractivity contribution in [2.75, 3.05) is 19.0 Å². The second-order valence-corrected chi connectivity index (χ2v) is 3.86. The molecule has 0 atom stereocenters. The Hall–Kier alpha value is -0.590. The van der Waals surface area contributed by atoms with Gasteiger partial charge in [-0.3, -0.25) is 0 Å². The van der Waals surface area contributed by atoms with Crippen LogP contribution in [0.5, 0.6) is 0 Å². The summed E-state index contributed by atoms with van der Waals surface area (Å²) in [5.74, 6) is 0.730. The number of rotatable bonds is 7. The zero-order valence-electron chi connectivity index (χ0n) is 9.34. The fourth-order valence-corrected chi connectivity index (χ4v) is 1.90. The molecule has 5 nitrogen and oxygen atoms in total. The average Bonchev–Trinajstić information content (AvgIpc) is 2.61. The molecule has 0 saturated heterocycles. The third kappa shape index (κ3) is 4.19. The van der Waals surface area contributed by atoms with Crippen LogP contribution in [0.15, 0.2) is 11.5 Å². The lowest BCUT2D eigenvalue weighted by Gasteiger charge is -2.15. The van der Waals surface area contributed by atoms with Crippen LogP contribution in [0.2, 0.25) is 0 Å². The first-order chi connectivity index (χ1) is 7.27. The molecule has 0 aliphatic carbocycles. The minimum Gasteiger partial charge on any atom is -0.352 e. The van der Waals surface area contributed by atoms with Gasteiger partial charge in [-0.2, -0.15) is 0 Å². The van der Waals surface area contributed by atoms with Gasteiger partial charge in [0.1, 0.15) is 6.33 Å². The lowest BCUT2D eigenvalue weighted by molar-refractivity contribution is -0.120. The monoisotopic (exact) mass is 231 g/mol. The highest BCUT2D eigenvalue weighted by Crippen LogP contribution is 2.16. The van der Waals surface area contributed by atoms with Crippen LogP contribution in [-0.4, -0.2) is 40.0 Å². The Morgan fingerprint density at radius 3 is 2.53 bits per heavy atom. The molecule has 0 bridgehead atoms. The Kier molecular flexibility index (Phi) is 5.67. The largest absolute Gasteiger partial charge is 0.352 e. The van der Waals surface area contributed by atoms with Gasteiger partial charge in [-0.1, -0.05) is 11.8 Å². The molecule has 0 amide bonds. The highest BCUT2D eigenvalue weighted by Gasteiger charge is 2.10. The first-order valence-corrected chi connectivity index (χ1v) is 5.96. The number of hydrogen-bond acceptors (Lipinski definition) is 5. The van der Waals surface area contributed by atoms with Crippen LogP contribution in [0.25, 0.3) is 0 Å². The first kappa shape index (κ1) is 12.5. The van der Waals surface area contributed by atoms with E-state index in [-0.39, 0.29) is 6.29 Å². The topological polar surface area (TPSA) is 49.2 Å². The quantitative estimate of drug-likeness (QED) is 0.523. The second-order valence-electron chi connectivity index (χ2n) is 2.88. The Bertz CT molecular complexity index is 274. The number of nitrogens with zero attached hydrogens (tertiary/aromatic N) is 3. The summed E-state index contributed by atoms with van der Waals surface area (Å²) in [4.78, 5) is 0. The molecule has 0 radical (unpaired) electrons. The molecule has 15 heavy (non-hydrogen) atoms. The van der Waals surface area contributed by atoms with E-state index >= 15 is 0 Å². The van der Waals surface area contributed by atoms with Crippen molar-refractivity contribution in [3.63, 3.8) is 0 Å². The summed E-state index contributed by atoms with van der Waals surface area (Å²) in [6.07, 6.45) is 1.51. The summed E-state index contributed by atoms with van der Waals surface area (Å²) in [5.41, 5.74) is 0. The van der Waals surface area contributed by atoms with Crippen molar-refractivity contribution in [2.24, 2.45) is 7.05 Å². The molecule has 1 aromatic heterocycles. The van der Waals surface area contributed by atoms with Crippen molar-refractivity contribution in [3.8, 4) is 0 Å². The summed E-state index contributed by atoms with van der Waals surface area (Å²) < 4.78 is 12.7. The Balaban J connectivity index is 2.36. The molecule has 0 spiro atoms. The van der Waals surface area contributed by atoms with E-state index in [1.165, 1.54) is 0 Å².